The average Bonchev–Trinajstić information content (AvgIpc) is 3.27. The van der Waals surface area contributed by atoms with Crippen molar-refractivity contribution in [2.24, 2.45) is 0 Å². The monoisotopic (exact) mass is 456 g/mol. The molecule has 2 aromatic carbocycles. The maximum atomic E-state index is 14.1. The lowest BCUT2D eigenvalue weighted by molar-refractivity contribution is -0.116. The van der Waals surface area contributed by atoms with Crippen LogP contribution in [-0.2, 0) is 4.79 Å². The van der Waals surface area contributed by atoms with E-state index >= 15 is 0 Å². The Hall–Kier alpha value is -3.33. The molecule has 1 unspecified atom stereocenters. The van der Waals surface area contributed by atoms with Gasteiger partial charge in [0.15, 0.2) is 0 Å². The summed E-state index contributed by atoms with van der Waals surface area (Å²) in [6.07, 6.45) is 0.737. The Labute approximate surface area is 190 Å². The fourth-order valence-corrected chi connectivity index (χ4v) is 3.84. The van der Waals surface area contributed by atoms with Crippen molar-refractivity contribution in [1.29, 1.82) is 0 Å². The van der Waals surface area contributed by atoms with E-state index in [0.29, 0.717) is 22.3 Å². The van der Waals surface area contributed by atoms with Gasteiger partial charge in [0.25, 0.3) is 5.91 Å². The fourth-order valence-electron chi connectivity index (χ4n) is 3.08. The first-order valence-electron chi connectivity index (χ1n) is 10.3. The zero-order chi connectivity index (χ0) is 23.1. The Morgan fingerprint density at radius 1 is 1.19 bits per heavy atom. The van der Waals surface area contributed by atoms with Gasteiger partial charge in [-0.3, -0.25) is 9.59 Å². The number of halogens is 1. The van der Waals surface area contributed by atoms with Crippen molar-refractivity contribution in [3.05, 3.63) is 59.9 Å². The van der Waals surface area contributed by atoms with Crippen LogP contribution in [0.3, 0.4) is 0 Å². The number of anilines is 1. The highest BCUT2D eigenvalue weighted by Crippen LogP contribution is 2.28. The first-order chi connectivity index (χ1) is 15.4. The maximum Gasteiger partial charge on any atom is 0.257 e. The molecule has 2 amide bonds. The Balaban J connectivity index is 1.64. The van der Waals surface area contributed by atoms with Gasteiger partial charge in [-0.2, -0.15) is 0 Å². The lowest BCUT2D eigenvalue weighted by Gasteiger charge is -2.28. The molecule has 0 saturated carbocycles. The molecule has 0 aliphatic rings. The van der Waals surface area contributed by atoms with Crippen molar-refractivity contribution >= 4 is 28.3 Å². The number of hydrogen-bond donors (Lipinski definition) is 1. The number of nitrogens with one attached hydrogen (secondary N) is 1. The van der Waals surface area contributed by atoms with Gasteiger partial charge in [-0.1, -0.05) is 42.5 Å². The number of hydrogen-bond acceptors (Lipinski definition) is 6. The van der Waals surface area contributed by atoms with E-state index in [4.69, 9.17) is 4.74 Å². The smallest absolute Gasteiger partial charge is 0.257 e. The van der Waals surface area contributed by atoms with E-state index in [-0.39, 0.29) is 30.5 Å². The van der Waals surface area contributed by atoms with Crippen molar-refractivity contribution in [2.45, 2.75) is 32.7 Å². The molecule has 0 saturated heterocycles. The van der Waals surface area contributed by atoms with Gasteiger partial charge in [0.05, 0.1) is 12.7 Å². The molecule has 32 heavy (non-hydrogen) atoms. The number of aromatic nitrogens is 2. The lowest BCUT2D eigenvalue weighted by atomic mass is 10.1. The Kier molecular flexibility index (Phi) is 7.88. The second-order valence-corrected chi connectivity index (χ2v) is 8.16. The number of rotatable bonds is 9. The minimum atomic E-state index is -0.575. The van der Waals surface area contributed by atoms with E-state index in [2.05, 4.69) is 15.5 Å². The van der Waals surface area contributed by atoms with Crippen LogP contribution >= 0.6 is 11.3 Å². The Morgan fingerprint density at radius 2 is 1.97 bits per heavy atom. The van der Waals surface area contributed by atoms with Crippen molar-refractivity contribution < 1.29 is 18.7 Å². The Morgan fingerprint density at radius 3 is 2.69 bits per heavy atom. The van der Waals surface area contributed by atoms with Crippen LogP contribution in [0.25, 0.3) is 10.6 Å². The van der Waals surface area contributed by atoms with Crippen molar-refractivity contribution in [2.75, 3.05) is 19.0 Å². The van der Waals surface area contributed by atoms with E-state index in [0.717, 1.165) is 5.56 Å². The predicted molar refractivity (Wildman–Crippen MR) is 122 cm³/mol. The second kappa shape index (κ2) is 10.8. The highest BCUT2D eigenvalue weighted by molar-refractivity contribution is 7.18. The van der Waals surface area contributed by atoms with Gasteiger partial charge in [0.2, 0.25) is 11.0 Å². The molecule has 1 atom stereocenters. The number of carbonyl (C=O) groups excluding carboxylic acids is 2. The highest BCUT2D eigenvalue weighted by atomic mass is 32.1. The van der Waals surface area contributed by atoms with Gasteiger partial charge < -0.3 is 15.0 Å². The quantitative estimate of drug-likeness (QED) is 0.508. The second-order valence-electron chi connectivity index (χ2n) is 7.18. The van der Waals surface area contributed by atoms with Crippen LogP contribution in [0.2, 0.25) is 0 Å². The van der Waals surface area contributed by atoms with Gasteiger partial charge in [0.1, 0.15) is 16.6 Å². The molecule has 1 N–H and O–H groups in total. The topological polar surface area (TPSA) is 84.4 Å². The number of nitrogens with zero attached hydrogens (tertiary/aromatic N) is 3. The summed E-state index contributed by atoms with van der Waals surface area (Å²) in [5, 5.41) is 11.9. The third kappa shape index (κ3) is 5.67. The summed E-state index contributed by atoms with van der Waals surface area (Å²) >= 11 is 1.24. The summed E-state index contributed by atoms with van der Waals surface area (Å²) in [5.41, 5.74) is 0.834. The molecule has 7 nitrogen and oxygen atoms in total. The molecule has 0 radical (unpaired) electrons. The summed E-state index contributed by atoms with van der Waals surface area (Å²) in [5.74, 6) is -0.600. The van der Waals surface area contributed by atoms with Gasteiger partial charge in [-0.05, 0) is 37.6 Å². The zero-order valence-corrected chi connectivity index (χ0v) is 19.0. The maximum absolute atomic E-state index is 14.1. The summed E-state index contributed by atoms with van der Waals surface area (Å²) < 4.78 is 19.3. The fraction of sp³-hybridized carbons (Fsp3) is 0.304. The molecule has 1 aromatic heterocycles. The molecule has 168 valence electrons. The minimum absolute atomic E-state index is 0.000243. The molecular weight excluding hydrogens is 431 g/mol. The average molecular weight is 457 g/mol. The molecule has 0 aliphatic heterocycles. The molecule has 0 aliphatic carbocycles. The molecule has 3 rings (SSSR count). The van der Waals surface area contributed by atoms with Crippen LogP contribution in [0, 0.1) is 5.82 Å². The molecular formula is C23H25FN4O3S. The third-order valence-corrected chi connectivity index (χ3v) is 5.94. The first-order valence-corrected chi connectivity index (χ1v) is 11.1. The van der Waals surface area contributed by atoms with E-state index in [1.807, 2.05) is 38.1 Å². The molecule has 3 aromatic rings. The molecule has 0 bridgehead atoms. The SMILES string of the molecule is CCC(C)N(CCC(=O)Nc1nnc(-c2cccc(OC)c2)s1)C(=O)c1ccccc1F. The van der Waals surface area contributed by atoms with Crippen LogP contribution in [0.1, 0.15) is 37.0 Å². The Bertz CT molecular complexity index is 1090. The lowest BCUT2D eigenvalue weighted by Crippen LogP contribution is -2.40. The number of methoxy groups -OCH3 is 1. The number of amides is 2. The van der Waals surface area contributed by atoms with E-state index in [1.165, 1.54) is 34.4 Å². The van der Waals surface area contributed by atoms with Gasteiger partial charge >= 0.3 is 0 Å². The van der Waals surface area contributed by atoms with Crippen LogP contribution < -0.4 is 10.1 Å². The molecule has 0 fully saturated rings. The molecule has 0 spiro atoms. The van der Waals surface area contributed by atoms with Gasteiger partial charge in [-0.15, -0.1) is 10.2 Å². The standard InChI is InChI=1S/C23H25FN4O3S/c1-4-15(2)28(22(30)18-10-5-6-11-19(18)24)13-12-20(29)25-23-27-26-21(32-23)16-8-7-9-17(14-16)31-3/h5-11,14-15H,4,12-13H2,1-3H3,(H,25,27,29). The third-order valence-electron chi connectivity index (χ3n) is 5.06. The zero-order valence-electron chi connectivity index (χ0n) is 18.2. The van der Waals surface area contributed by atoms with Crippen LogP contribution in [0.4, 0.5) is 9.52 Å². The van der Waals surface area contributed by atoms with Crippen LogP contribution in [0.15, 0.2) is 48.5 Å². The molecule has 9 heteroatoms. The largest absolute Gasteiger partial charge is 0.497 e. The summed E-state index contributed by atoms with van der Waals surface area (Å²) in [4.78, 5) is 26.9. The number of benzene rings is 2. The van der Waals surface area contributed by atoms with Gasteiger partial charge in [-0.25, -0.2) is 4.39 Å². The van der Waals surface area contributed by atoms with Crippen molar-refractivity contribution in [3.63, 3.8) is 0 Å². The molecule has 1 heterocycles. The minimum Gasteiger partial charge on any atom is -0.497 e. The van der Waals surface area contributed by atoms with E-state index < -0.39 is 11.7 Å². The summed E-state index contributed by atoms with van der Waals surface area (Å²) in [7, 11) is 1.59. The van der Waals surface area contributed by atoms with Crippen molar-refractivity contribution in [1.82, 2.24) is 15.1 Å². The number of ether oxygens (including phenoxy) is 1. The summed E-state index contributed by atoms with van der Waals surface area (Å²) in [6, 6.07) is 13.1. The summed E-state index contributed by atoms with van der Waals surface area (Å²) in [6.45, 7) is 3.98. The van der Waals surface area contributed by atoms with E-state index in [1.54, 1.807) is 13.2 Å². The number of carbonyl (C=O) groups is 2. The normalized spacial score (nSPS) is 11.6. The van der Waals surface area contributed by atoms with Crippen molar-refractivity contribution in [3.8, 4) is 16.3 Å². The van der Waals surface area contributed by atoms with E-state index in [9.17, 15) is 14.0 Å². The van der Waals surface area contributed by atoms with Gasteiger partial charge in [0, 0.05) is 24.6 Å². The van der Waals surface area contributed by atoms with Crippen LogP contribution in [0.5, 0.6) is 5.75 Å². The highest BCUT2D eigenvalue weighted by Gasteiger charge is 2.23. The predicted octanol–water partition coefficient (Wildman–Crippen LogP) is 4.62. The van der Waals surface area contributed by atoms with Crippen LogP contribution in [-0.4, -0.2) is 46.6 Å². The first kappa shape index (κ1) is 23.3.